The number of hydrogen-bond acceptors (Lipinski definition) is 1. The topological polar surface area (TPSA) is 20.2 Å². The Kier molecular flexibility index (Phi) is 4.05. The molecule has 21 heavy (non-hydrogen) atoms. The Balaban J connectivity index is 2.12. The van der Waals surface area contributed by atoms with E-state index in [1.807, 2.05) is 6.07 Å². The van der Waals surface area contributed by atoms with Gasteiger partial charge in [0.2, 0.25) is 0 Å². The highest BCUT2D eigenvalue weighted by Gasteiger charge is 2.39. The highest BCUT2D eigenvalue weighted by atomic mass is 35.5. The molecule has 1 atom stereocenters. The van der Waals surface area contributed by atoms with E-state index >= 15 is 0 Å². The van der Waals surface area contributed by atoms with Gasteiger partial charge in [0.05, 0.1) is 0 Å². The first-order valence-electron chi connectivity index (χ1n) is 7.63. The highest BCUT2D eigenvalue weighted by Crippen LogP contribution is 2.48. The first kappa shape index (κ1) is 14.6. The normalized spacial score (nSPS) is 20.5. The summed E-state index contributed by atoms with van der Waals surface area (Å²) in [4.78, 5) is 0. The van der Waals surface area contributed by atoms with Gasteiger partial charge in [-0.15, -0.1) is 0 Å². The van der Waals surface area contributed by atoms with Crippen molar-refractivity contribution in [1.29, 1.82) is 0 Å². The number of aliphatic hydroxyl groups excluding tert-OH is 1. The van der Waals surface area contributed by atoms with E-state index in [-0.39, 0.29) is 12.0 Å². The molecular weight excluding hydrogens is 280 g/mol. The van der Waals surface area contributed by atoms with Crippen LogP contribution < -0.4 is 0 Å². The molecule has 0 radical (unpaired) electrons. The molecule has 1 unspecified atom stereocenters. The third-order valence-corrected chi connectivity index (χ3v) is 5.01. The lowest BCUT2D eigenvalue weighted by molar-refractivity contribution is 0.268. The van der Waals surface area contributed by atoms with Gasteiger partial charge in [-0.3, -0.25) is 0 Å². The minimum Gasteiger partial charge on any atom is -0.396 e. The number of benzene rings is 2. The molecule has 0 aliphatic heterocycles. The van der Waals surface area contributed by atoms with E-state index in [4.69, 9.17) is 11.6 Å². The summed E-state index contributed by atoms with van der Waals surface area (Å²) in [5.74, 6) is 0. The van der Waals surface area contributed by atoms with Crippen LogP contribution in [0.25, 0.3) is 0 Å². The molecule has 1 N–H and O–H groups in total. The summed E-state index contributed by atoms with van der Waals surface area (Å²) in [6.45, 7) is 2.35. The summed E-state index contributed by atoms with van der Waals surface area (Å²) in [5, 5.41) is 10.1. The fourth-order valence-electron chi connectivity index (χ4n) is 3.65. The van der Waals surface area contributed by atoms with Crippen LogP contribution in [-0.4, -0.2) is 11.7 Å². The summed E-state index contributed by atoms with van der Waals surface area (Å²) in [7, 11) is 0. The molecule has 0 spiro atoms. The van der Waals surface area contributed by atoms with Gasteiger partial charge in [0.1, 0.15) is 0 Å². The maximum atomic E-state index is 9.31. The molecule has 0 aromatic heterocycles. The SMILES string of the molecule is Cc1ccc(C2(CCCO)CCc3ccc(Cl)cc32)cc1. The molecule has 2 aromatic rings. The number of aryl methyl sites for hydroxylation is 2. The molecule has 1 aliphatic rings. The Labute approximate surface area is 131 Å². The van der Waals surface area contributed by atoms with E-state index in [0.29, 0.717) is 0 Å². The van der Waals surface area contributed by atoms with Crippen LogP contribution in [-0.2, 0) is 11.8 Å². The smallest absolute Gasteiger partial charge is 0.0431 e. The quantitative estimate of drug-likeness (QED) is 0.871. The maximum Gasteiger partial charge on any atom is 0.0431 e. The van der Waals surface area contributed by atoms with E-state index in [9.17, 15) is 5.11 Å². The van der Waals surface area contributed by atoms with Crippen molar-refractivity contribution in [2.75, 3.05) is 6.61 Å². The number of halogens is 1. The Hall–Kier alpha value is -1.31. The molecular formula is C19H21ClO. The maximum absolute atomic E-state index is 9.31. The van der Waals surface area contributed by atoms with Crippen LogP contribution in [0.5, 0.6) is 0 Å². The minimum absolute atomic E-state index is 0.0106. The Morgan fingerprint density at radius 3 is 2.62 bits per heavy atom. The van der Waals surface area contributed by atoms with Crippen molar-refractivity contribution in [3.05, 3.63) is 69.7 Å². The van der Waals surface area contributed by atoms with Crippen molar-refractivity contribution in [1.82, 2.24) is 0 Å². The van der Waals surface area contributed by atoms with Crippen LogP contribution in [0.3, 0.4) is 0 Å². The van der Waals surface area contributed by atoms with Crippen LogP contribution in [0.2, 0.25) is 5.02 Å². The fraction of sp³-hybridized carbons (Fsp3) is 0.368. The fourth-order valence-corrected chi connectivity index (χ4v) is 3.82. The van der Waals surface area contributed by atoms with Gasteiger partial charge in [-0.1, -0.05) is 47.5 Å². The van der Waals surface area contributed by atoms with Gasteiger partial charge in [-0.05, 0) is 61.4 Å². The van der Waals surface area contributed by atoms with Crippen LogP contribution in [0.1, 0.15) is 41.5 Å². The average Bonchev–Trinajstić information content (AvgIpc) is 2.85. The zero-order valence-electron chi connectivity index (χ0n) is 12.4. The van der Waals surface area contributed by atoms with E-state index in [0.717, 1.165) is 30.7 Å². The van der Waals surface area contributed by atoms with Gasteiger partial charge < -0.3 is 5.11 Å². The zero-order chi connectivity index (χ0) is 14.9. The monoisotopic (exact) mass is 300 g/mol. The molecule has 3 rings (SSSR count). The molecule has 0 saturated carbocycles. The predicted molar refractivity (Wildman–Crippen MR) is 88.1 cm³/mol. The van der Waals surface area contributed by atoms with Crippen LogP contribution >= 0.6 is 11.6 Å². The summed E-state index contributed by atoms with van der Waals surface area (Å²) in [5.41, 5.74) is 5.39. The molecule has 0 fully saturated rings. The lowest BCUT2D eigenvalue weighted by atomic mass is 9.72. The third kappa shape index (κ3) is 2.61. The van der Waals surface area contributed by atoms with Crippen molar-refractivity contribution in [3.8, 4) is 0 Å². The largest absolute Gasteiger partial charge is 0.396 e. The second-order valence-corrected chi connectivity index (χ2v) is 6.51. The summed E-state index contributed by atoms with van der Waals surface area (Å²) >= 11 is 6.25. The first-order valence-corrected chi connectivity index (χ1v) is 8.00. The van der Waals surface area contributed by atoms with Gasteiger partial charge >= 0.3 is 0 Å². The molecule has 2 aromatic carbocycles. The molecule has 110 valence electrons. The number of fused-ring (bicyclic) bond motifs is 1. The lowest BCUT2D eigenvalue weighted by Crippen LogP contribution is -2.25. The van der Waals surface area contributed by atoms with Crippen molar-refractivity contribution in [3.63, 3.8) is 0 Å². The molecule has 0 bridgehead atoms. The summed E-state index contributed by atoms with van der Waals surface area (Å²) < 4.78 is 0. The molecule has 0 heterocycles. The molecule has 1 nitrogen and oxygen atoms in total. The van der Waals surface area contributed by atoms with Crippen molar-refractivity contribution >= 4 is 11.6 Å². The number of aliphatic hydroxyl groups is 1. The minimum atomic E-state index is 0.0106. The van der Waals surface area contributed by atoms with Crippen LogP contribution in [0.4, 0.5) is 0 Å². The second-order valence-electron chi connectivity index (χ2n) is 6.08. The highest BCUT2D eigenvalue weighted by molar-refractivity contribution is 6.30. The van der Waals surface area contributed by atoms with E-state index in [1.54, 1.807) is 0 Å². The average molecular weight is 301 g/mol. The Morgan fingerprint density at radius 2 is 1.90 bits per heavy atom. The van der Waals surface area contributed by atoms with Gasteiger partial charge in [0.15, 0.2) is 0 Å². The molecule has 2 heteroatoms. The van der Waals surface area contributed by atoms with Gasteiger partial charge in [0.25, 0.3) is 0 Å². The molecule has 0 amide bonds. The van der Waals surface area contributed by atoms with Crippen LogP contribution in [0.15, 0.2) is 42.5 Å². The summed E-state index contributed by atoms with van der Waals surface area (Å²) in [6, 6.07) is 15.1. The van der Waals surface area contributed by atoms with Crippen molar-refractivity contribution in [2.45, 2.75) is 38.0 Å². The Bertz CT molecular complexity index is 633. The predicted octanol–water partition coefficient (Wildman–Crippen LogP) is 4.65. The summed E-state index contributed by atoms with van der Waals surface area (Å²) in [6.07, 6.45) is 3.98. The second kappa shape index (κ2) is 5.82. The number of hydrogen-bond donors (Lipinski definition) is 1. The molecule has 0 saturated heterocycles. The van der Waals surface area contributed by atoms with E-state index in [2.05, 4.69) is 43.3 Å². The van der Waals surface area contributed by atoms with Crippen molar-refractivity contribution in [2.24, 2.45) is 0 Å². The standard InChI is InChI=1S/C19H21ClO/c1-14-3-6-16(7-4-14)19(10-2-12-21)11-9-15-5-8-17(20)13-18(15)19/h3-8,13,21H,2,9-12H2,1H3. The third-order valence-electron chi connectivity index (χ3n) is 4.77. The van der Waals surface area contributed by atoms with Crippen LogP contribution in [0, 0.1) is 6.92 Å². The molecule has 1 aliphatic carbocycles. The van der Waals surface area contributed by atoms with E-state index in [1.165, 1.54) is 22.3 Å². The van der Waals surface area contributed by atoms with Gasteiger partial charge in [-0.2, -0.15) is 0 Å². The van der Waals surface area contributed by atoms with Gasteiger partial charge in [0, 0.05) is 17.0 Å². The zero-order valence-corrected chi connectivity index (χ0v) is 13.2. The Morgan fingerprint density at radius 1 is 1.14 bits per heavy atom. The number of rotatable bonds is 4. The van der Waals surface area contributed by atoms with Gasteiger partial charge in [-0.25, -0.2) is 0 Å². The lowest BCUT2D eigenvalue weighted by Gasteiger charge is -2.31. The first-order chi connectivity index (χ1) is 10.2. The van der Waals surface area contributed by atoms with Crippen molar-refractivity contribution < 1.29 is 5.11 Å². The van der Waals surface area contributed by atoms with E-state index < -0.39 is 0 Å².